The maximum Gasteiger partial charge on any atom is 0.145 e. The van der Waals surface area contributed by atoms with Gasteiger partial charge in [-0.05, 0) is 42.5 Å². The smallest absolute Gasteiger partial charge is 0.145 e. The van der Waals surface area contributed by atoms with Crippen molar-refractivity contribution in [3.63, 3.8) is 0 Å². The van der Waals surface area contributed by atoms with Crippen LogP contribution in [0.1, 0.15) is 30.0 Å². The molecule has 0 saturated heterocycles. The third kappa shape index (κ3) is 2.21. The van der Waals surface area contributed by atoms with E-state index in [-0.39, 0.29) is 0 Å². The molecule has 3 rings (SSSR count). The fourth-order valence-electron chi connectivity index (χ4n) is 2.56. The molecule has 1 heterocycles. The van der Waals surface area contributed by atoms with Gasteiger partial charge in [0.2, 0.25) is 0 Å². The lowest BCUT2D eigenvalue weighted by molar-refractivity contribution is 0.598. The van der Waals surface area contributed by atoms with Crippen LogP contribution in [0, 0.1) is 0 Å². The zero-order valence-electron chi connectivity index (χ0n) is 10.1. The average molecular weight is 259 g/mol. The lowest BCUT2D eigenvalue weighted by Gasteiger charge is -2.27. The molecule has 1 unspecified atom stereocenters. The van der Waals surface area contributed by atoms with E-state index >= 15 is 0 Å². The van der Waals surface area contributed by atoms with E-state index in [1.807, 2.05) is 12.1 Å². The van der Waals surface area contributed by atoms with Crippen LogP contribution in [0.3, 0.4) is 0 Å². The van der Waals surface area contributed by atoms with Crippen LogP contribution in [0.25, 0.3) is 0 Å². The van der Waals surface area contributed by atoms with Crippen molar-refractivity contribution in [2.45, 2.75) is 25.3 Å². The van der Waals surface area contributed by atoms with Crippen molar-refractivity contribution in [1.82, 2.24) is 4.98 Å². The van der Waals surface area contributed by atoms with Crippen LogP contribution in [0.15, 0.2) is 42.6 Å². The number of anilines is 1. The summed E-state index contributed by atoms with van der Waals surface area (Å²) < 4.78 is 0. The number of hydrogen-bond acceptors (Lipinski definition) is 2. The molecule has 92 valence electrons. The van der Waals surface area contributed by atoms with Gasteiger partial charge in [-0.15, -0.1) is 0 Å². The maximum atomic E-state index is 6.15. The van der Waals surface area contributed by atoms with Gasteiger partial charge in [0.25, 0.3) is 0 Å². The van der Waals surface area contributed by atoms with Gasteiger partial charge in [-0.1, -0.05) is 35.9 Å². The maximum absolute atomic E-state index is 6.15. The minimum Gasteiger partial charge on any atom is -0.362 e. The molecule has 3 heteroatoms. The zero-order valence-corrected chi connectivity index (χ0v) is 10.8. The second-order valence-corrected chi connectivity index (χ2v) is 5.03. The standard InChI is InChI=1S/C15H15ClN2/c16-13-8-4-10-17-15(13)18-14-9-3-6-11-5-1-2-7-12(11)14/h1-2,4-5,7-8,10,14H,3,6,9H2,(H,17,18). The monoisotopic (exact) mass is 258 g/mol. The highest BCUT2D eigenvalue weighted by Crippen LogP contribution is 2.33. The molecule has 0 spiro atoms. The summed E-state index contributed by atoms with van der Waals surface area (Å²) in [6, 6.07) is 12.6. The zero-order chi connectivity index (χ0) is 12.4. The van der Waals surface area contributed by atoms with Gasteiger partial charge >= 0.3 is 0 Å². The number of aromatic nitrogens is 1. The van der Waals surface area contributed by atoms with Gasteiger partial charge in [-0.2, -0.15) is 0 Å². The van der Waals surface area contributed by atoms with Crippen LogP contribution in [-0.2, 0) is 6.42 Å². The third-order valence-corrected chi connectivity index (χ3v) is 3.74. The predicted octanol–water partition coefficient (Wildman–Crippen LogP) is 4.22. The van der Waals surface area contributed by atoms with Crippen LogP contribution < -0.4 is 5.32 Å². The molecule has 0 bridgehead atoms. The number of hydrogen-bond donors (Lipinski definition) is 1. The number of pyridine rings is 1. The lowest BCUT2D eigenvalue weighted by atomic mass is 9.88. The van der Waals surface area contributed by atoms with Crippen molar-refractivity contribution < 1.29 is 0 Å². The van der Waals surface area contributed by atoms with Crippen LogP contribution in [-0.4, -0.2) is 4.98 Å². The molecule has 2 nitrogen and oxygen atoms in total. The first-order valence-electron chi connectivity index (χ1n) is 6.29. The summed E-state index contributed by atoms with van der Waals surface area (Å²) in [5, 5.41) is 4.14. The number of nitrogens with one attached hydrogen (secondary N) is 1. The summed E-state index contributed by atoms with van der Waals surface area (Å²) in [5.74, 6) is 0.779. The van der Waals surface area contributed by atoms with Crippen LogP contribution in [0.2, 0.25) is 5.02 Å². The largest absolute Gasteiger partial charge is 0.362 e. The Hall–Kier alpha value is -1.54. The molecule has 18 heavy (non-hydrogen) atoms. The minimum absolute atomic E-state index is 0.322. The van der Waals surface area contributed by atoms with Crippen LogP contribution in [0.5, 0.6) is 0 Å². The molecule has 1 aromatic carbocycles. The van der Waals surface area contributed by atoms with Crippen molar-refractivity contribution in [3.8, 4) is 0 Å². The van der Waals surface area contributed by atoms with E-state index < -0.39 is 0 Å². The second-order valence-electron chi connectivity index (χ2n) is 4.62. The van der Waals surface area contributed by atoms with Gasteiger partial charge < -0.3 is 5.32 Å². The van der Waals surface area contributed by atoms with E-state index in [2.05, 4.69) is 34.6 Å². The SMILES string of the molecule is Clc1cccnc1NC1CCCc2ccccc21. The van der Waals surface area contributed by atoms with Crippen molar-refractivity contribution in [1.29, 1.82) is 0 Å². The Morgan fingerprint density at radius 2 is 2.06 bits per heavy atom. The third-order valence-electron chi connectivity index (χ3n) is 3.44. The number of benzene rings is 1. The highest BCUT2D eigenvalue weighted by molar-refractivity contribution is 6.32. The molecule has 1 atom stereocenters. The summed E-state index contributed by atoms with van der Waals surface area (Å²) in [5.41, 5.74) is 2.82. The Morgan fingerprint density at radius 1 is 1.17 bits per heavy atom. The van der Waals surface area contributed by atoms with Crippen LogP contribution in [0.4, 0.5) is 5.82 Å². The Labute approximate surface area is 112 Å². The van der Waals surface area contributed by atoms with Gasteiger partial charge in [0.05, 0.1) is 11.1 Å². The van der Waals surface area contributed by atoms with Crippen molar-refractivity contribution >= 4 is 17.4 Å². The normalized spacial score (nSPS) is 18.2. The first-order valence-corrected chi connectivity index (χ1v) is 6.67. The van der Waals surface area contributed by atoms with Crippen LogP contribution >= 0.6 is 11.6 Å². The number of aryl methyl sites for hydroxylation is 1. The average Bonchev–Trinajstić information content (AvgIpc) is 2.42. The summed E-state index contributed by atoms with van der Waals surface area (Å²) in [4.78, 5) is 4.30. The summed E-state index contributed by atoms with van der Waals surface area (Å²) in [7, 11) is 0. The Bertz CT molecular complexity index is 554. The first-order chi connectivity index (χ1) is 8.84. The van der Waals surface area contributed by atoms with E-state index in [1.54, 1.807) is 6.20 Å². The van der Waals surface area contributed by atoms with Gasteiger partial charge in [0, 0.05) is 6.20 Å². The summed E-state index contributed by atoms with van der Waals surface area (Å²) in [6.07, 6.45) is 5.27. The highest BCUT2D eigenvalue weighted by Gasteiger charge is 2.20. The number of nitrogens with zero attached hydrogens (tertiary/aromatic N) is 1. The molecule has 1 aliphatic rings. The lowest BCUT2D eigenvalue weighted by Crippen LogP contribution is -2.17. The van der Waals surface area contributed by atoms with Gasteiger partial charge in [-0.3, -0.25) is 0 Å². The topological polar surface area (TPSA) is 24.9 Å². The molecule has 0 fully saturated rings. The number of fused-ring (bicyclic) bond motifs is 1. The van der Waals surface area contributed by atoms with Gasteiger partial charge in [0.15, 0.2) is 0 Å². The van der Waals surface area contributed by atoms with E-state index in [9.17, 15) is 0 Å². The van der Waals surface area contributed by atoms with Crippen molar-refractivity contribution in [2.75, 3.05) is 5.32 Å². The second kappa shape index (κ2) is 4.99. The molecular formula is C15H15ClN2. The summed E-state index contributed by atoms with van der Waals surface area (Å²) >= 11 is 6.15. The molecule has 1 N–H and O–H groups in total. The number of rotatable bonds is 2. The summed E-state index contributed by atoms with van der Waals surface area (Å²) in [6.45, 7) is 0. The molecular weight excluding hydrogens is 244 g/mol. The fourth-order valence-corrected chi connectivity index (χ4v) is 2.74. The first kappa shape index (κ1) is 11.5. The van der Waals surface area contributed by atoms with E-state index in [4.69, 9.17) is 11.6 Å². The minimum atomic E-state index is 0.322. The number of halogens is 1. The molecule has 0 amide bonds. The molecule has 1 aliphatic carbocycles. The van der Waals surface area contributed by atoms with E-state index in [1.165, 1.54) is 24.0 Å². The molecule has 2 aromatic rings. The Kier molecular flexibility index (Phi) is 3.20. The highest BCUT2D eigenvalue weighted by atomic mass is 35.5. The van der Waals surface area contributed by atoms with E-state index in [0.29, 0.717) is 11.1 Å². The fraction of sp³-hybridized carbons (Fsp3) is 0.267. The van der Waals surface area contributed by atoms with E-state index in [0.717, 1.165) is 12.2 Å². The molecule has 0 radical (unpaired) electrons. The predicted molar refractivity (Wildman–Crippen MR) is 75.0 cm³/mol. The molecule has 1 aromatic heterocycles. The van der Waals surface area contributed by atoms with Gasteiger partial charge in [0.1, 0.15) is 5.82 Å². The molecule has 0 saturated carbocycles. The Balaban J connectivity index is 1.89. The van der Waals surface area contributed by atoms with Crippen molar-refractivity contribution in [3.05, 3.63) is 58.7 Å². The quantitative estimate of drug-likeness (QED) is 0.872. The van der Waals surface area contributed by atoms with Crippen molar-refractivity contribution in [2.24, 2.45) is 0 Å². The van der Waals surface area contributed by atoms with Gasteiger partial charge in [-0.25, -0.2) is 4.98 Å². The Morgan fingerprint density at radius 3 is 2.94 bits per heavy atom. The molecule has 0 aliphatic heterocycles.